The maximum absolute atomic E-state index is 4.07. The van der Waals surface area contributed by atoms with Crippen LogP contribution in [0.3, 0.4) is 0 Å². The maximum Gasteiger partial charge on any atom is 0.0571 e. The molecule has 0 saturated carbocycles. The normalized spacial score (nSPS) is 27.3. The van der Waals surface area contributed by atoms with Crippen LogP contribution in [0.4, 0.5) is 0 Å². The molecule has 1 nitrogen and oxygen atoms in total. The largest absolute Gasteiger partial charge is 0.282 e. The number of aliphatic imine (C=N–C) groups is 1. The lowest BCUT2D eigenvalue weighted by Crippen LogP contribution is -1.92. The molecule has 0 N–H and O–H groups in total. The smallest absolute Gasteiger partial charge is 0.0571 e. The molecule has 0 aromatic rings. The minimum Gasteiger partial charge on any atom is -0.282 e. The van der Waals surface area contributed by atoms with Gasteiger partial charge in [0, 0.05) is 5.75 Å². The highest BCUT2D eigenvalue weighted by Gasteiger charge is 2.00. The molecule has 0 fully saturated rings. The maximum atomic E-state index is 4.07. The molecule has 1 aliphatic heterocycles. The van der Waals surface area contributed by atoms with Gasteiger partial charge < -0.3 is 0 Å². The van der Waals surface area contributed by atoms with Crippen molar-refractivity contribution in [3.8, 4) is 0 Å². The minimum absolute atomic E-state index is 0. The number of nitrogens with zero attached hydrogens (tertiary/aromatic N) is 1. The third-order valence-corrected chi connectivity index (χ3v) is 1.67. The SMILES string of the molecule is CC1CSC=N1.Cl. The van der Waals surface area contributed by atoms with E-state index >= 15 is 0 Å². The Kier molecular flexibility index (Phi) is 3.48. The Morgan fingerprint density at radius 3 is 2.71 bits per heavy atom. The van der Waals surface area contributed by atoms with Crippen LogP contribution in [0.15, 0.2) is 4.99 Å². The van der Waals surface area contributed by atoms with Gasteiger partial charge in [-0.1, -0.05) is 0 Å². The number of halogens is 1. The second kappa shape index (κ2) is 3.33. The van der Waals surface area contributed by atoms with Crippen molar-refractivity contribution >= 4 is 29.7 Å². The summed E-state index contributed by atoms with van der Waals surface area (Å²) in [6.07, 6.45) is 0. The van der Waals surface area contributed by atoms with Crippen LogP contribution < -0.4 is 0 Å². The van der Waals surface area contributed by atoms with Gasteiger partial charge in [-0.15, -0.1) is 24.2 Å². The number of hydrogen-bond donors (Lipinski definition) is 0. The van der Waals surface area contributed by atoms with E-state index in [0.29, 0.717) is 6.04 Å². The van der Waals surface area contributed by atoms with Crippen LogP contribution >= 0.6 is 24.2 Å². The molecule has 1 atom stereocenters. The van der Waals surface area contributed by atoms with Crippen molar-refractivity contribution in [3.63, 3.8) is 0 Å². The quantitative estimate of drug-likeness (QED) is 0.494. The summed E-state index contributed by atoms with van der Waals surface area (Å²) >= 11 is 1.79. The highest BCUT2D eigenvalue weighted by atomic mass is 35.5. The first-order valence-electron chi connectivity index (χ1n) is 2.03. The van der Waals surface area contributed by atoms with E-state index in [1.54, 1.807) is 11.8 Å². The van der Waals surface area contributed by atoms with Crippen molar-refractivity contribution in [2.24, 2.45) is 4.99 Å². The van der Waals surface area contributed by atoms with Crippen molar-refractivity contribution in [3.05, 3.63) is 0 Å². The molecule has 1 heterocycles. The summed E-state index contributed by atoms with van der Waals surface area (Å²) in [6, 6.07) is 0.579. The average Bonchev–Trinajstić information content (AvgIpc) is 1.86. The van der Waals surface area contributed by atoms with E-state index in [1.807, 2.05) is 5.55 Å². The molecule has 0 aromatic carbocycles. The van der Waals surface area contributed by atoms with Gasteiger partial charge in [-0.25, -0.2) is 0 Å². The van der Waals surface area contributed by atoms with Crippen molar-refractivity contribution in [2.75, 3.05) is 5.75 Å². The van der Waals surface area contributed by atoms with Crippen LogP contribution in [0.5, 0.6) is 0 Å². The van der Waals surface area contributed by atoms with Gasteiger partial charge in [0.15, 0.2) is 0 Å². The Bertz CT molecular complexity index is 74.1. The van der Waals surface area contributed by atoms with Gasteiger partial charge in [0.25, 0.3) is 0 Å². The van der Waals surface area contributed by atoms with E-state index in [0.717, 1.165) is 0 Å². The monoisotopic (exact) mass is 137 g/mol. The van der Waals surface area contributed by atoms with Gasteiger partial charge in [-0.2, -0.15) is 0 Å². The topological polar surface area (TPSA) is 12.4 Å². The zero-order valence-electron chi connectivity index (χ0n) is 4.13. The molecule has 0 radical (unpaired) electrons. The van der Waals surface area contributed by atoms with Crippen molar-refractivity contribution in [2.45, 2.75) is 13.0 Å². The minimum atomic E-state index is 0. The second-order valence-electron chi connectivity index (χ2n) is 1.44. The Labute approximate surface area is 54.0 Å². The fourth-order valence-corrected chi connectivity index (χ4v) is 1.12. The van der Waals surface area contributed by atoms with Crippen LogP contribution in [0.1, 0.15) is 6.92 Å². The number of rotatable bonds is 0. The Hall–Kier alpha value is 0.310. The molecule has 0 amide bonds. The zero-order valence-corrected chi connectivity index (χ0v) is 5.76. The van der Waals surface area contributed by atoms with Crippen molar-refractivity contribution in [1.29, 1.82) is 0 Å². The fraction of sp³-hybridized carbons (Fsp3) is 0.750. The third-order valence-electron chi connectivity index (χ3n) is 0.727. The van der Waals surface area contributed by atoms with Crippen LogP contribution in [0.2, 0.25) is 0 Å². The Morgan fingerprint density at radius 1 is 1.86 bits per heavy atom. The van der Waals surface area contributed by atoms with Crippen LogP contribution in [0.25, 0.3) is 0 Å². The van der Waals surface area contributed by atoms with E-state index in [1.165, 1.54) is 5.75 Å². The van der Waals surface area contributed by atoms with Gasteiger partial charge in [-0.05, 0) is 6.92 Å². The Balaban J connectivity index is 0.000000360. The molecule has 42 valence electrons. The number of thioether (sulfide) groups is 1. The fourth-order valence-electron chi connectivity index (χ4n) is 0.372. The van der Waals surface area contributed by atoms with Crippen LogP contribution in [-0.2, 0) is 0 Å². The van der Waals surface area contributed by atoms with Gasteiger partial charge >= 0.3 is 0 Å². The predicted molar refractivity (Wildman–Crippen MR) is 37.7 cm³/mol. The van der Waals surface area contributed by atoms with Gasteiger partial charge in [0.1, 0.15) is 0 Å². The molecule has 1 aliphatic rings. The molecule has 0 spiro atoms. The summed E-state index contributed by atoms with van der Waals surface area (Å²) in [5.41, 5.74) is 1.92. The van der Waals surface area contributed by atoms with Crippen LogP contribution in [-0.4, -0.2) is 17.3 Å². The average molecular weight is 138 g/mol. The highest BCUT2D eigenvalue weighted by Crippen LogP contribution is 2.08. The lowest BCUT2D eigenvalue weighted by atomic mass is 10.4. The molecule has 1 unspecified atom stereocenters. The third kappa shape index (κ3) is 2.19. The lowest BCUT2D eigenvalue weighted by Gasteiger charge is -1.87. The van der Waals surface area contributed by atoms with Crippen molar-refractivity contribution < 1.29 is 0 Å². The van der Waals surface area contributed by atoms with E-state index in [4.69, 9.17) is 0 Å². The Morgan fingerprint density at radius 2 is 2.57 bits per heavy atom. The predicted octanol–water partition coefficient (Wildman–Crippen LogP) is 1.57. The molecule has 0 aromatic heterocycles. The van der Waals surface area contributed by atoms with Gasteiger partial charge in [-0.3, -0.25) is 4.99 Å². The highest BCUT2D eigenvalue weighted by molar-refractivity contribution is 8.12. The first-order valence-corrected chi connectivity index (χ1v) is 3.08. The van der Waals surface area contributed by atoms with Gasteiger partial charge in [0.2, 0.25) is 0 Å². The molecular weight excluding hydrogens is 130 g/mol. The molecule has 3 heteroatoms. The summed E-state index contributed by atoms with van der Waals surface area (Å²) in [4.78, 5) is 4.07. The van der Waals surface area contributed by atoms with E-state index < -0.39 is 0 Å². The second-order valence-corrected chi connectivity index (χ2v) is 2.31. The van der Waals surface area contributed by atoms with E-state index in [2.05, 4.69) is 11.9 Å². The molecule has 0 aliphatic carbocycles. The summed E-state index contributed by atoms with van der Waals surface area (Å²) in [5, 5.41) is 0. The van der Waals surface area contributed by atoms with Crippen molar-refractivity contribution in [1.82, 2.24) is 0 Å². The molecule has 1 rings (SSSR count). The standard InChI is InChI=1S/C4H7NS.ClH/c1-4-2-6-3-5-4;/h3-4H,2H2,1H3;1H. The zero-order chi connectivity index (χ0) is 4.41. The first-order chi connectivity index (χ1) is 2.89. The number of hydrogen-bond acceptors (Lipinski definition) is 2. The van der Waals surface area contributed by atoms with E-state index in [-0.39, 0.29) is 12.4 Å². The first kappa shape index (κ1) is 7.31. The summed E-state index contributed by atoms with van der Waals surface area (Å²) in [7, 11) is 0. The van der Waals surface area contributed by atoms with Crippen LogP contribution in [0, 0.1) is 0 Å². The molecular formula is C4H8ClNS. The summed E-state index contributed by atoms with van der Waals surface area (Å²) in [6.45, 7) is 2.12. The molecule has 7 heavy (non-hydrogen) atoms. The molecule has 0 bridgehead atoms. The molecule has 0 saturated heterocycles. The van der Waals surface area contributed by atoms with Gasteiger partial charge in [0.05, 0.1) is 11.6 Å². The van der Waals surface area contributed by atoms with E-state index in [9.17, 15) is 0 Å². The summed E-state index contributed by atoms with van der Waals surface area (Å²) < 4.78 is 0. The lowest BCUT2D eigenvalue weighted by molar-refractivity contribution is 0.868. The summed E-state index contributed by atoms with van der Waals surface area (Å²) in [5.74, 6) is 1.18.